The van der Waals surface area contributed by atoms with Crippen LogP contribution in [0.15, 0.2) is 54.9 Å². The number of ether oxygens (including phenoxy) is 1. The van der Waals surface area contributed by atoms with Gasteiger partial charge in [0.05, 0.1) is 17.1 Å². The first kappa shape index (κ1) is 17.3. The van der Waals surface area contributed by atoms with E-state index in [9.17, 15) is 9.59 Å². The Morgan fingerprint density at radius 3 is 2.54 bits per heavy atom. The van der Waals surface area contributed by atoms with Gasteiger partial charge in [-0.25, -0.2) is 4.79 Å². The Morgan fingerprint density at radius 1 is 1.00 bits per heavy atom. The average molecular weight is 350 g/mol. The van der Waals surface area contributed by atoms with Crippen LogP contribution in [0.2, 0.25) is 0 Å². The van der Waals surface area contributed by atoms with E-state index in [-0.39, 0.29) is 6.10 Å². The number of anilines is 1. The number of amides is 3. The van der Waals surface area contributed by atoms with Crippen molar-refractivity contribution in [2.24, 2.45) is 0 Å². The number of hydrogen-bond donors (Lipinski definition) is 2. The third kappa shape index (κ3) is 4.32. The van der Waals surface area contributed by atoms with E-state index in [4.69, 9.17) is 4.74 Å². The van der Waals surface area contributed by atoms with Crippen molar-refractivity contribution in [3.05, 3.63) is 60.4 Å². The molecule has 7 nitrogen and oxygen atoms in total. The third-order valence-corrected chi connectivity index (χ3v) is 3.42. The van der Waals surface area contributed by atoms with Crippen LogP contribution >= 0.6 is 0 Å². The summed E-state index contributed by atoms with van der Waals surface area (Å²) in [6, 6.07) is 11.2. The number of carbonyl (C=O) groups excluding carboxylic acids is 2. The predicted octanol–water partition coefficient (Wildman–Crippen LogP) is 3.38. The summed E-state index contributed by atoms with van der Waals surface area (Å²) < 4.78 is 5.58. The van der Waals surface area contributed by atoms with Crippen molar-refractivity contribution in [3.63, 3.8) is 0 Å². The molecule has 0 saturated heterocycles. The number of nitrogens with one attached hydrogen (secondary N) is 2. The zero-order valence-electron chi connectivity index (χ0n) is 14.4. The summed E-state index contributed by atoms with van der Waals surface area (Å²) in [7, 11) is 0. The van der Waals surface area contributed by atoms with Crippen molar-refractivity contribution in [2.45, 2.75) is 20.0 Å². The maximum absolute atomic E-state index is 12.3. The molecule has 0 bridgehead atoms. The molecule has 2 N–H and O–H groups in total. The number of carbonyl (C=O) groups is 2. The molecule has 0 unspecified atom stereocenters. The number of imide groups is 1. The van der Waals surface area contributed by atoms with E-state index in [1.165, 1.54) is 0 Å². The fourth-order valence-corrected chi connectivity index (χ4v) is 2.36. The standard InChI is InChI=1S/C19H18N4O3/c1-12(2)26-15-5-3-4-14(11-15)22-19(25)23-18(24)13-6-7-16-17(10-13)21-9-8-20-16/h3-12H,1-2H3,(H2,22,23,24,25). The third-order valence-electron chi connectivity index (χ3n) is 3.42. The van der Waals surface area contributed by atoms with Gasteiger partial charge in [-0.2, -0.15) is 0 Å². The number of rotatable bonds is 4. The molecule has 3 rings (SSSR count). The molecule has 0 spiro atoms. The van der Waals surface area contributed by atoms with Crippen LogP contribution in [-0.4, -0.2) is 28.0 Å². The minimum atomic E-state index is -0.629. The molecule has 1 heterocycles. The van der Waals surface area contributed by atoms with Gasteiger partial charge >= 0.3 is 6.03 Å². The van der Waals surface area contributed by atoms with Crippen LogP contribution in [-0.2, 0) is 0 Å². The number of aromatic nitrogens is 2. The summed E-state index contributed by atoms with van der Waals surface area (Å²) in [5.74, 6) is 0.113. The van der Waals surface area contributed by atoms with Crippen molar-refractivity contribution in [3.8, 4) is 5.75 Å². The van der Waals surface area contributed by atoms with Crippen LogP contribution in [0.1, 0.15) is 24.2 Å². The molecule has 1 aromatic heterocycles. The molecule has 0 aliphatic heterocycles. The molecule has 3 amide bonds. The van der Waals surface area contributed by atoms with Gasteiger partial charge in [0.25, 0.3) is 5.91 Å². The van der Waals surface area contributed by atoms with Crippen molar-refractivity contribution in [1.82, 2.24) is 15.3 Å². The Morgan fingerprint density at radius 2 is 1.77 bits per heavy atom. The fraction of sp³-hybridized carbons (Fsp3) is 0.158. The van der Waals surface area contributed by atoms with Crippen LogP contribution in [0.4, 0.5) is 10.5 Å². The summed E-state index contributed by atoms with van der Waals surface area (Å²) in [6.45, 7) is 3.83. The number of urea groups is 1. The van der Waals surface area contributed by atoms with Gasteiger partial charge in [0, 0.05) is 29.7 Å². The lowest BCUT2D eigenvalue weighted by molar-refractivity contribution is 0.0967. The Balaban J connectivity index is 1.66. The summed E-state index contributed by atoms with van der Waals surface area (Å²) in [5.41, 5.74) is 2.11. The number of nitrogens with zero attached hydrogens (tertiary/aromatic N) is 2. The lowest BCUT2D eigenvalue weighted by atomic mass is 10.2. The Bertz CT molecular complexity index is 956. The normalized spacial score (nSPS) is 10.6. The van der Waals surface area contributed by atoms with Gasteiger partial charge in [0.1, 0.15) is 5.75 Å². The van der Waals surface area contributed by atoms with Gasteiger partial charge in [-0.15, -0.1) is 0 Å². The second-order valence-corrected chi connectivity index (χ2v) is 5.86. The molecule has 3 aromatic rings. The Hall–Kier alpha value is -3.48. The van der Waals surface area contributed by atoms with E-state index in [1.54, 1.807) is 54.9 Å². The fourth-order valence-electron chi connectivity index (χ4n) is 2.36. The molecule has 0 fully saturated rings. The smallest absolute Gasteiger partial charge is 0.326 e. The lowest BCUT2D eigenvalue weighted by Crippen LogP contribution is -2.34. The van der Waals surface area contributed by atoms with E-state index in [2.05, 4.69) is 20.6 Å². The first-order chi connectivity index (χ1) is 12.5. The summed E-state index contributed by atoms with van der Waals surface area (Å²) in [4.78, 5) is 32.6. The second-order valence-electron chi connectivity index (χ2n) is 5.86. The first-order valence-corrected chi connectivity index (χ1v) is 8.11. The van der Waals surface area contributed by atoms with Crippen LogP contribution in [0.25, 0.3) is 11.0 Å². The summed E-state index contributed by atoms with van der Waals surface area (Å²) in [6.07, 6.45) is 3.15. The monoisotopic (exact) mass is 350 g/mol. The Kier molecular flexibility index (Phi) is 5.07. The van der Waals surface area contributed by atoms with Crippen molar-refractivity contribution < 1.29 is 14.3 Å². The highest BCUT2D eigenvalue weighted by Crippen LogP contribution is 2.18. The average Bonchev–Trinajstić information content (AvgIpc) is 2.61. The van der Waals surface area contributed by atoms with Gasteiger partial charge in [-0.3, -0.25) is 20.1 Å². The number of fused-ring (bicyclic) bond motifs is 1. The molecule has 0 saturated carbocycles. The quantitative estimate of drug-likeness (QED) is 0.752. The summed E-state index contributed by atoms with van der Waals surface area (Å²) in [5, 5.41) is 4.91. The van der Waals surface area contributed by atoms with E-state index in [1.807, 2.05) is 13.8 Å². The second kappa shape index (κ2) is 7.60. The first-order valence-electron chi connectivity index (χ1n) is 8.11. The van der Waals surface area contributed by atoms with Crippen molar-refractivity contribution >= 4 is 28.7 Å². The molecule has 26 heavy (non-hydrogen) atoms. The van der Waals surface area contributed by atoms with Crippen LogP contribution in [0, 0.1) is 0 Å². The molecule has 132 valence electrons. The van der Waals surface area contributed by atoms with Crippen molar-refractivity contribution in [2.75, 3.05) is 5.32 Å². The molecule has 7 heteroatoms. The predicted molar refractivity (Wildman–Crippen MR) is 98.2 cm³/mol. The molecule has 0 atom stereocenters. The van der Waals surface area contributed by atoms with Crippen molar-refractivity contribution in [1.29, 1.82) is 0 Å². The molecule has 0 aliphatic carbocycles. The molecule has 2 aromatic carbocycles. The van der Waals surface area contributed by atoms with Gasteiger partial charge in [0.2, 0.25) is 0 Å². The lowest BCUT2D eigenvalue weighted by Gasteiger charge is -2.11. The van der Waals surface area contributed by atoms with E-state index in [0.29, 0.717) is 28.0 Å². The highest BCUT2D eigenvalue weighted by atomic mass is 16.5. The van der Waals surface area contributed by atoms with Crippen LogP contribution in [0.3, 0.4) is 0 Å². The highest BCUT2D eigenvalue weighted by Gasteiger charge is 2.12. The number of benzene rings is 2. The molecule has 0 aliphatic rings. The minimum Gasteiger partial charge on any atom is -0.491 e. The molecular weight excluding hydrogens is 332 g/mol. The highest BCUT2D eigenvalue weighted by molar-refractivity contribution is 6.08. The minimum absolute atomic E-state index is 0.0247. The zero-order chi connectivity index (χ0) is 18.5. The van der Waals surface area contributed by atoms with Gasteiger partial charge < -0.3 is 10.1 Å². The number of hydrogen-bond acceptors (Lipinski definition) is 5. The van der Waals surface area contributed by atoms with Crippen LogP contribution in [0.5, 0.6) is 5.75 Å². The van der Waals surface area contributed by atoms with E-state index in [0.717, 1.165) is 0 Å². The van der Waals surface area contributed by atoms with E-state index >= 15 is 0 Å². The van der Waals surface area contributed by atoms with Gasteiger partial charge in [-0.05, 0) is 44.2 Å². The zero-order valence-corrected chi connectivity index (χ0v) is 14.4. The topological polar surface area (TPSA) is 93.2 Å². The summed E-state index contributed by atoms with van der Waals surface area (Å²) >= 11 is 0. The van der Waals surface area contributed by atoms with E-state index < -0.39 is 11.9 Å². The van der Waals surface area contributed by atoms with Gasteiger partial charge in [0.15, 0.2) is 0 Å². The van der Waals surface area contributed by atoms with Crippen LogP contribution < -0.4 is 15.4 Å². The molecule has 0 radical (unpaired) electrons. The molecular formula is C19H18N4O3. The Labute approximate surface area is 150 Å². The van der Waals surface area contributed by atoms with Gasteiger partial charge in [-0.1, -0.05) is 6.07 Å². The SMILES string of the molecule is CC(C)Oc1cccc(NC(=O)NC(=O)c2ccc3nccnc3c2)c1. The maximum atomic E-state index is 12.3. The maximum Gasteiger partial charge on any atom is 0.326 e. The largest absolute Gasteiger partial charge is 0.491 e.